The fourth-order valence-electron chi connectivity index (χ4n) is 7.28. The molecule has 5 nitrogen and oxygen atoms in total. The number of ketones is 1. The minimum atomic E-state index is 0.189. The predicted octanol–water partition coefficient (Wildman–Crippen LogP) is 8.40. The van der Waals surface area contributed by atoms with Crippen LogP contribution in [-0.2, 0) is 24.1 Å². The zero-order chi connectivity index (χ0) is 28.6. The van der Waals surface area contributed by atoms with Gasteiger partial charge in [0.2, 0.25) is 0 Å². The topological polar surface area (TPSA) is 60.1 Å². The van der Waals surface area contributed by atoms with Crippen LogP contribution in [0, 0.1) is 23.2 Å². The van der Waals surface area contributed by atoms with Crippen molar-refractivity contribution in [3.8, 4) is 5.69 Å². The number of aryl methyl sites for hydroxylation is 1. The molecule has 0 radical (unpaired) electrons. The van der Waals surface area contributed by atoms with Gasteiger partial charge in [-0.25, -0.2) is 9.98 Å². The van der Waals surface area contributed by atoms with Crippen LogP contribution in [0.1, 0.15) is 107 Å². The van der Waals surface area contributed by atoms with Gasteiger partial charge in [-0.2, -0.15) is 0 Å². The number of rotatable bonds is 8. The molecule has 3 heterocycles. The molecule has 41 heavy (non-hydrogen) atoms. The van der Waals surface area contributed by atoms with Crippen LogP contribution in [0.4, 0.5) is 5.69 Å². The zero-order valence-corrected chi connectivity index (χ0v) is 25.4. The number of hydrogen-bond acceptors (Lipinski definition) is 4. The van der Waals surface area contributed by atoms with Crippen LogP contribution in [0.3, 0.4) is 0 Å². The van der Waals surface area contributed by atoms with E-state index in [4.69, 9.17) is 9.98 Å². The van der Waals surface area contributed by atoms with Crippen molar-refractivity contribution < 1.29 is 4.79 Å². The number of Topliss-reactive ketones (excluding diaryl/α,β-unsaturated/α-hetero) is 1. The Hall–Kier alpha value is -3.08. The van der Waals surface area contributed by atoms with E-state index in [2.05, 4.69) is 63.0 Å². The zero-order valence-electron chi connectivity index (χ0n) is 25.4. The summed E-state index contributed by atoms with van der Waals surface area (Å²) in [6, 6.07) is 11.0. The lowest BCUT2D eigenvalue weighted by molar-refractivity contribution is -0.113. The van der Waals surface area contributed by atoms with Gasteiger partial charge in [-0.1, -0.05) is 65.5 Å². The number of carbonyl (C=O) groups excluding carboxylic acids is 1. The van der Waals surface area contributed by atoms with Gasteiger partial charge in [0.05, 0.1) is 23.4 Å². The van der Waals surface area contributed by atoms with Gasteiger partial charge in [-0.15, -0.1) is 0 Å². The van der Waals surface area contributed by atoms with Gasteiger partial charge >= 0.3 is 0 Å². The lowest BCUT2D eigenvalue weighted by Crippen LogP contribution is -2.27. The molecule has 0 spiro atoms. The Balaban J connectivity index is 1.17. The Morgan fingerprint density at radius 2 is 1.83 bits per heavy atom. The lowest BCUT2D eigenvalue weighted by atomic mass is 9.71. The molecule has 0 bridgehead atoms. The number of pyridine rings is 1. The first-order valence-electron chi connectivity index (χ1n) is 15.9. The fourth-order valence-corrected chi connectivity index (χ4v) is 7.28. The average Bonchev–Trinajstić information content (AvgIpc) is 3.64. The number of fused-ring (bicyclic) bond motifs is 2. The van der Waals surface area contributed by atoms with E-state index in [1.807, 2.05) is 17.1 Å². The molecule has 1 fully saturated rings. The molecule has 0 unspecified atom stereocenters. The van der Waals surface area contributed by atoms with E-state index in [1.165, 1.54) is 55.3 Å². The molecular formula is C36H46N4O. The van der Waals surface area contributed by atoms with Gasteiger partial charge in [0.1, 0.15) is 0 Å². The van der Waals surface area contributed by atoms with Crippen LogP contribution in [0.25, 0.3) is 5.69 Å². The maximum absolute atomic E-state index is 13.8. The minimum absolute atomic E-state index is 0.189. The first kappa shape index (κ1) is 28.1. The number of hydrogen-bond donors (Lipinski definition) is 0. The van der Waals surface area contributed by atoms with Crippen molar-refractivity contribution in [3.05, 3.63) is 71.6 Å². The Labute approximate surface area is 245 Å². The Morgan fingerprint density at radius 3 is 2.54 bits per heavy atom. The number of aliphatic imine (C=N–C) groups is 1. The molecule has 1 aromatic carbocycles. The highest BCUT2D eigenvalue weighted by Crippen LogP contribution is 2.40. The van der Waals surface area contributed by atoms with E-state index in [-0.39, 0.29) is 11.7 Å². The second kappa shape index (κ2) is 11.7. The van der Waals surface area contributed by atoms with Crippen LogP contribution in [0.15, 0.2) is 54.0 Å². The molecule has 216 valence electrons. The smallest absolute Gasteiger partial charge is 0.178 e. The van der Waals surface area contributed by atoms with Crippen molar-refractivity contribution in [2.45, 2.75) is 104 Å². The third-order valence-electron chi connectivity index (χ3n) is 10.2. The quantitative estimate of drug-likeness (QED) is 0.283. The molecule has 2 aliphatic carbocycles. The highest BCUT2D eigenvalue weighted by Gasteiger charge is 2.32. The number of aromatic nitrogens is 3. The summed E-state index contributed by atoms with van der Waals surface area (Å²) >= 11 is 0. The predicted molar refractivity (Wildman–Crippen MR) is 166 cm³/mol. The first-order valence-corrected chi connectivity index (χ1v) is 15.9. The summed E-state index contributed by atoms with van der Waals surface area (Å²) in [5, 5.41) is 0. The Bertz CT molecular complexity index is 1390. The summed E-state index contributed by atoms with van der Waals surface area (Å²) in [7, 11) is 0. The summed E-state index contributed by atoms with van der Waals surface area (Å²) < 4.78 is 2.02. The number of imidazole rings is 1. The molecule has 1 aliphatic heterocycles. The van der Waals surface area contributed by atoms with E-state index in [9.17, 15) is 4.79 Å². The highest BCUT2D eigenvalue weighted by atomic mass is 16.1. The maximum Gasteiger partial charge on any atom is 0.178 e. The van der Waals surface area contributed by atoms with E-state index in [0.717, 1.165) is 48.2 Å². The van der Waals surface area contributed by atoms with Gasteiger partial charge < -0.3 is 4.57 Å². The molecule has 3 aromatic rings. The summed E-state index contributed by atoms with van der Waals surface area (Å²) in [6.07, 6.45) is 17.6. The largest absolute Gasteiger partial charge is 0.306 e. The molecular weight excluding hydrogens is 504 g/mol. The van der Waals surface area contributed by atoms with Crippen molar-refractivity contribution in [2.24, 2.45) is 28.2 Å². The summed E-state index contributed by atoms with van der Waals surface area (Å²) in [5.74, 6) is 2.71. The van der Waals surface area contributed by atoms with E-state index in [1.54, 1.807) is 6.20 Å². The van der Waals surface area contributed by atoms with Crippen LogP contribution < -0.4 is 0 Å². The molecule has 3 aliphatic rings. The Morgan fingerprint density at radius 1 is 1.05 bits per heavy atom. The van der Waals surface area contributed by atoms with Gasteiger partial charge in [-0.05, 0) is 90.5 Å². The second-order valence-electron chi connectivity index (χ2n) is 14.2. The van der Waals surface area contributed by atoms with Crippen molar-refractivity contribution in [3.63, 3.8) is 0 Å². The lowest BCUT2D eigenvalue weighted by Gasteiger charge is -2.34. The monoisotopic (exact) mass is 550 g/mol. The average molecular weight is 551 g/mol. The van der Waals surface area contributed by atoms with E-state index in [0.29, 0.717) is 29.9 Å². The first-order chi connectivity index (χ1) is 19.7. The summed E-state index contributed by atoms with van der Waals surface area (Å²) in [6.45, 7) is 9.41. The van der Waals surface area contributed by atoms with E-state index >= 15 is 0 Å². The SMILES string of the molecule is CC1CCC(CC[C@@H](CC(=O)C2=Nc3cc4c(nc3C2)CC[C@H](C(C)(C)C)C4)c2ccc(-n3ccnc3)cc2)CC1. The molecule has 0 amide bonds. The summed E-state index contributed by atoms with van der Waals surface area (Å²) in [5.41, 5.74) is 7.84. The normalized spacial score (nSPS) is 23.0. The highest BCUT2D eigenvalue weighted by molar-refractivity contribution is 6.41. The van der Waals surface area contributed by atoms with Crippen LogP contribution in [0.5, 0.6) is 0 Å². The number of nitrogens with zero attached hydrogens (tertiary/aromatic N) is 4. The fraction of sp³-hybridized carbons (Fsp3) is 0.556. The van der Waals surface area contributed by atoms with Gasteiger partial charge in [-0.3, -0.25) is 9.78 Å². The van der Waals surface area contributed by atoms with Crippen molar-refractivity contribution in [2.75, 3.05) is 0 Å². The summed E-state index contributed by atoms with van der Waals surface area (Å²) in [4.78, 5) is 27.9. The molecule has 1 saturated carbocycles. The van der Waals surface area contributed by atoms with Crippen LogP contribution in [0.2, 0.25) is 0 Å². The number of benzene rings is 1. The third kappa shape index (κ3) is 6.39. The third-order valence-corrected chi connectivity index (χ3v) is 10.2. The molecule has 0 saturated heterocycles. The Kier molecular flexibility index (Phi) is 7.98. The minimum Gasteiger partial charge on any atom is -0.306 e. The standard InChI is InChI=1S/C36H46N4O/c1-24-5-7-25(8-6-24)9-10-27(26-11-14-30(15-12-26)40-18-17-37-23-40)21-35(41)34-22-33-32(39-34)20-28-19-29(36(2,3)4)13-16-31(28)38-33/h11-12,14-15,17-18,20,23-25,27,29H,5-10,13,16,19,21-22H2,1-4H3/t24?,25?,27-,29-/m0/s1. The molecule has 5 heteroatoms. The van der Waals surface area contributed by atoms with Crippen molar-refractivity contribution in [1.82, 2.24) is 14.5 Å². The van der Waals surface area contributed by atoms with Gasteiger partial charge in [0, 0.05) is 36.6 Å². The molecule has 6 rings (SSSR count). The van der Waals surface area contributed by atoms with Crippen molar-refractivity contribution >= 4 is 17.2 Å². The maximum atomic E-state index is 13.8. The van der Waals surface area contributed by atoms with Crippen molar-refractivity contribution in [1.29, 1.82) is 0 Å². The van der Waals surface area contributed by atoms with Crippen LogP contribution >= 0.6 is 0 Å². The molecule has 2 aromatic heterocycles. The van der Waals surface area contributed by atoms with Crippen LogP contribution in [-0.4, -0.2) is 26.0 Å². The van der Waals surface area contributed by atoms with Gasteiger partial charge in [0.15, 0.2) is 5.78 Å². The number of carbonyl (C=O) groups is 1. The van der Waals surface area contributed by atoms with E-state index < -0.39 is 0 Å². The second-order valence-corrected chi connectivity index (χ2v) is 14.2. The molecule has 0 N–H and O–H groups in total. The molecule has 2 atom stereocenters. The van der Waals surface area contributed by atoms with Gasteiger partial charge in [0.25, 0.3) is 0 Å².